The summed E-state index contributed by atoms with van der Waals surface area (Å²) in [5.41, 5.74) is 0.703. The van der Waals surface area contributed by atoms with Crippen LogP contribution in [-0.2, 0) is 14.8 Å². The first-order chi connectivity index (χ1) is 11.8. The van der Waals surface area contributed by atoms with Crippen LogP contribution in [-0.4, -0.2) is 31.7 Å². The number of aryl methyl sites for hydroxylation is 1. The molecule has 0 bridgehead atoms. The quantitative estimate of drug-likeness (QED) is 0.887. The second kappa shape index (κ2) is 6.74. The lowest BCUT2D eigenvalue weighted by Gasteiger charge is -2.34. The summed E-state index contributed by atoms with van der Waals surface area (Å²) in [6.07, 6.45) is 0. The van der Waals surface area contributed by atoms with Gasteiger partial charge in [0.25, 0.3) is 0 Å². The maximum atomic E-state index is 13.5. The molecule has 0 spiro atoms. The Morgan fingerprint density at radius 3 is 2.68 bits per heavy atom. The molecule has 1 saturated heterocycles. The van der Waals surface area contributed by atoms with Gasteiger partial charge >= 0.3 is 0 Å². The molecule has 2 aromatic rings. The molecular formula is C17H16ClFN2O3S. The lowest BCUT2D eigenvalue weighted by atomic mass is 10.0. The number of hydrogen-bond donors (Lipinski definition) is 1. The lowest BCUT2D eigenvalue weighted by Crippen LogP contribution is -2.52. The van der Waals surface area contributed by atoms with Crippen LogP contribution in [0.15, 0.2) is 47.4 Å². The molecule has 0 radical (unpaired) electrons. The van der Waals surface area contributed by atoms with Crippen LogP contribution in [0.5, 0.6) is 0 Å². The molecule has 1 N–H and O–H groups in total. The number of halogens is 2. The van der Waals surface area contributed by atoms with E-state index >= 15 is 0 Å². The maximum Gasteiger partial charge on any atom is 0.244 e. The van der Waals surface area contributed by atoms with Gasteiger partial charge in [0.15, 0.2) is 0 Å². The van der Waals surface area contributed by atoms with E-state index in [-0.39, 0.29) is 23.5 Å². The van der Waals surface area contributed by atoms with E-state index in [1.807, 2.05) is 0 Å². The first kappa shape index (κ1) is 17.8. The summed E-state index contributed by atoms with van der Waals surface area (Å²) in [7, 11) is -3.98. The number of amides is 1. The Morgan fingerprint density at radius 1 is 1.24 bits per heavy atom. The summed E-state index contributed by atoms with van der Waals surface area (Å²) < 4.78 is 40.7. The molecule has 1 atom stereocenters. The predicted molar refractivity (Wildman–Crippen MR) is 92.2 cm³/mol. The number of benzene rings is 2. The van der Waals surface area contributed by atoms with Crippen molar-refractivity contribution in [1.29, 1.82) is 0 Å². The fourth-order valence-corrected chi connectivity index (χ4v) is 4.67. The van der Waals surface area contributed by atoms with Crippen molar-refractivity contribution >= 4 is 27.5 Å². The Hall–Kier alpha value is -1.96. The number of nitrogens with zero attached hydrogens (tertiary/aromatic N) is 1. The van der Waals surface area contributed by atoms with E-state index in [2.05, 4.69) is 5.32 Å². The van der Waals surface area contributed by atoms with Crippen LogP contribution in [0.25, 0.3) is 0 Å². The zero-order chi connectivity index (χ0) is 18.2. The highest BCUT2D eigenvalue weighted by Crippen LogP contribution is 2.31. The van der Waals surface area contributed by atoms with Gasteiger partial charge in [0.1, 0.15) is 11.9 Å². The van der Waals surface area contributed by atoms with Crippen molar-refractivity contribution < 1.29 is 17.6 Å². The van der Waals surface area contributed by atoms with Gasteiger partial charge in [-0.15, -0.1) is 0 Å². The molecular weight excluding hydrogens is 367 g/mol. The first-order valence-electron chi connectivity index (χ1n) is 7.62. The normalized spacial score (nSPS) is 18.8. The number of carbonyl (C=O) groups excluding carboxylic acids is 1. The van der Waals surface area contributed by atoms with E-state index in [0.29, 0.717) is 10.6 Å². The van der Waals surface area contributed by atoms with E-state index < -0.39 is 27.8 Å². The molecule has 1 aliphatic heterocycles. The minimum atomic E-state index is -3.98. The number of nitrogens with one attached hydrogen (secondary N) is 1. The summed E-state index contributed by atoms with van der Waals surface area (Å²) in [4.78, 5) is 12.3. The molecule has 25 heavy (non-hydrogen) atoms. The molecule has 5 nitrogen and oxygen atoms in total. The van der Waals surface area contributed by atoms with Crippen LogP contribution < -0.4 is 5.32 Å². The maximum absolute atomic E-state index is 13.5. The third-order valence-electron chi connectivity index (χ3n) is 4.07. The number of hydrogen-bond acceptors (Lipinski definition) is 3. The van der Waals surface area contributed by atoms with E-state index in [9.17, 15) is 17.6 Å². The molecule has 0 saturated carbocycles. The minimum Gasteiger partial charge on any atom is -0.353 e. The van der Waals surface area contributed by atoms with E-state index in [1.165, 1.54) is 19.1 Å². The number of carbonyl (C=O) groups is 1. The Kier molecular flexibility index (Phi) is 4.81. The van der Waals surface area contributed by atoms with Crippen molar-refractivity contribution in [2.75, 3.05) is 13.1 Å². The van der Waals surface area contributed by atoms with Gasteiger partial charge in [0.2, 0.25) is 15.9 Å². The van der Waals surface area contributed by atoms with E-state index in [4.69, 9.17) is 11.6 Å². The van der Waals surface area contributed by atoms with Gasteiger partial charge in [0.05, 0.1) is 4.90 Å². The van der Waals surface area contributed by atoms with Crippen molar-refractivity contribution in [2.45, 2.75) is 17.9 Å². The monoisotopic (exact) mass is 382 g/mol. The standard InChI is InChI=1S/C17H16ClFN2O3S/c1-11-9-14(5-6-15(11)19)25(23,24)21-8-7-20-17(22)16(21)12-3-2-4-13(18)10-12/h2-6,9-10,16H,7-8H2,1H3,(H,20,22). The average Bonchev–Trinajstić information content (AvgIpc) is 2.57. The van der Waals surface area contributed by atoms with Gasteiger partial charge in [-0.1, -0.05) is 23.7 Å². The number of piperazine rings is 1. The van der Waals surface area contributed by atoms with Gasteiger partial charge in [0, 0.05) is 18.1 Å². The lowest BCUT2D eigenvalue weighted by molar-refractivity contribution is -0.126. The Labute approximate surface area is 150 Å². The molecule has 1 heterocycles. The van der Waals surface area contributed by atoms with Crippen molar-refractivity contribution in [1.82, 2.24) is 9.62 Å². The van der Waals surface area contributed by atoms with Crippen LogP contribution in [0.1, 0.15) is 17.2 Å². The summed E-state index contributed by atoms with van der Waals surface area (Å²) in [5, 5.41) is 3.08. The van der Waals surface area contributed by atoms with Crippen LogP contribution in [0.2, 0.25) is 5.02 Å². The molecule has 3 rings (SSSR count). The van der Waals surface area contributed by atoms with Gasteiger partial charge in [-0.2, -0.15) is 4.31 Å². The van der Waals surface area contributed by atoms with E-state index in [1.54, 1.807) is 24.3 Å². The highest BCUT2D eigenvalue weighted by molar-refractivity contribution is 7.89. The topological polar surface area (TPSA) is 66.5 Å². The van der Waals surface area contributed by atoms with Gasteiger partial charge in [-0.05, 0) is 48.4 Å². The Balaban J connectivity index is 2.08. The summed E-state index contributed by atoms with van der Waals surface area (Å²) in [5.74, 6) is -0.905. The van der Waals surface area contributed by atoms with Crippen molar-refractivity contribution in [3.05, 3.63) is 64.4 Å². The van der Waals surface area contributed by atoms with Crippen LogP contribution in [0, 0.1) is 12.7 Å². The molecule has 0 aliphatic carbocycles. The smallest absolute Gasteiger partial charge is 0.244 e. The van der Waals surface area contributed by atoms with Crippen molar-refractivity contribution in [3.8, 4) is 0 Å². The molecule has 0 aromatic heterocycles. The zero-order valence-corrected chi connectivity index (χ0v) is 14.9. The second-order valence-electron chi connectivity index (χ2n) is 5.78. The van der Waals surface area contributed by atoms with E-state index in [0.717, 1.165) is 10.4 Å². The van der Waals surface area contributed by atoms with Gasteiger partial charge in [-0.25, -0.2) is 12.8 Å². The first-order valence-corrected chi connectivity index (χ1v) is 9.43. The zero-order valence-electron chi connectivity index (χ0n) is 13.4. The van der Waals surface area contributed by atoms with Crippen molar-refractivity contribution in [2.24, 2.45) is 0 Å². The van der Waals surface area contributed by atoms with Gasteiger partial charge < -0.3 is 5.32 Å². The summed E-state index contributed by atoms with van der Waals surface area (Å²) in [6.45, 7) is 1.81. The molecule has 1 unspecified atom stereocenters. The molecule has 1 fully saturated rings. The van der Waals surface area contributed by atoms with Crippen LogP contribution in [0.4, 0.5) is 4.39 Å². The summed E-state index contributed by atoms with van der Waals surface area (Å²) >= 11 is 5.99. The SMILES string of the molecule is Cc1cc(S(=O)(=O)N2CCNC(=O)C2c2cccc(Cl)c2)ccc1F. The largest absolute Gasteiger partial charge is 0.353 e. The molecule has 8 heteroatoms. The third kappa shape index (κ3) is 3.40. The average molecular weight is 383 g/mol. The fraction of sp³-hybridized carbons (Fsp3) is 0.235. The Bertz CT molecular complexity index is 933. The van der Waals surface area contributed by atoms with Gasteiger partial charge in [-0.3, -0.25) is 4.79 Å². The molecule has 1 aliphatic rings. The third-order valence-corrected chi connectivity index (χ3v) is 6.16. The fourth-order valence-electron chi connectivity index (χ4n) is 2.81. The number of rotatable bonds is 3. The highest BCUT2D eigenvalue weighted by atomic mass is 35.5. The molecule has 2 aromatic carbocycles. The van der Waals surface area contributed by atoms with Crippen LogP contribution >= 0.6 is 11.6 Å². The molecule has 132 valence electrons. The predicted octanol–water partition coefficient (Wildman–Crippen LogP) is 2.65. The minimum absolute atomic E-state index is 0.0480. The summed E-state index contributed by atoms with van der Waals surface area (Å²) in [6, 6.07) is 9.09. The van der Waals surface area contributed by atoms with Crippen LogP contribution in [0.3, 0.4) is 0 Å². The highest BCUT2D eigenvalue weighted by Gasteiger charge is 2.39. The van der Waals surface area contributed by atoms with Crippen molar-refractivity contribution in [3.63, 3.8) is 0 Å². The Morgan fingerprint density at radius 2 is 2.00 bits per heavy atom. The number of sulfonamides is 1. The second-order valence-corrected chi connectivity index (χ2v) is 8.10. The molecule has 1 amide bonds.